The van der Waals surface area contributed by atoms with Crippen LogP contribution in [-0.4, -0.2) is 50.7 Å². The molecule has 0 aliphatic carbocycles. The topological polar surface area (TPSA) is 69.7 Å². The van der Waals surface area contributed by atoms with Crippen LogP contribution in [0.3, 0.4) is 0 Å². The molecule has 6 nitrogen and oxygen atoms in total. The first kappa shape index (κ1) is 21.4. The summed E-state index contributed by atoms with van der Waals surface area (Å²) in [6.45, 7) is 2.38. The molecule has 0 bridgehead atoms. The number of nitrogens with zero attached hydrogens (tertiary/aromatic N) is 2. The summed E-state index contributed by atoms with van der Waals surface area (Å²) >= 11 is 5.89. The second kappa shape index (κ2) is 8.84. The molecule has 0 aliphatic heterocycles. The monoisotopic (exact) mass is 409 g/mol. The molecule has 2 aromatic carbocycles. The molecule has 146 valence electrons. The van der Waals surface area contributed by atoms with E-state index in [0.29, 0.717) is 17.3 Å². The van der Waals surface area contributed by atoms with Crippen molar-refractivity contribution in [1.82, 2.24) is 9.21 Å². The van der Waals surface area contributed by atoms with Gasteiger partial charge in [-0.15, -0.1) is 0 Å². The van der Waals surface area contributed by atoms with Gasteiger partial charge in [0, 0.05) is 31.4 Å². The largest absolute Gasteiger partial charge is 0.325 e. The lowest BCUT2D eigenvalue weighted by Crippen LogP contribution is -2.39. The number of amides is 1. The van der Waals surface area contributed by atoms with Gasteiger partial charge >= 0.3 is 0 Å². The molecule has 1 N–H and O–H groups in total. The Labute approximate surface area is 165 Å². The van der Waals surface area contributed by atoms with Gasteiger partial charge in [-0.3, -0.25) is 9.69 Å². The van der Waals surface area contributed by atoms with E-state index in [1.165, 1.54) is 26.2 Å². The summed E-state index contributed by atoms with van der Waals surface area (Å²) in [5.41, 5.74) is 1.48. The second-order valence-corrected chi connectivity index (χ2v) is 9.11. The van der Waals surface area contributed by atoms with Crippen LogP contribution >= 0.6 is 11.6 Å². The van der Waals surface area contributed by atoms with E-state index < -0.39 is 16.1 Å². The van der Waals surface area contributed by atoms with E-state index in [-0.39, 0.29) is 10.8 Å². The number of benzene rings is 2. The Morgan fingerprint density at radius 1 is 1.11 bits per heavy atom. The van der Waals surface area contributed by atoms with E-state index >= 15 is 0 Å². The van der Waals surface area contributed by atoms with E-state index in [1.807, 2.05) is 36.2 Å². The normalized spacial score (nSPS) is 13.0. The SMILES string of the molecule is C[C@H](C(=O)Nc1cccc(S(=O)(=O)N(C)C)c1)N(C)Cc1ccc(Cl)cc1. The fourth-order valence-electron chi connectivity index (χ4n) is 2.41. The number of likely N-dealkylation sites (N-methyl/N-ethyl adjacent to an activating group) is 1. The minimum absolute atomic E-state index is 0.132. The van der Waals surface area contributed by atoms with E-state index in [9.17, 15) is 13.2 Å². The smallest absolute Gasteiger partial charge is 0.242 e. The summed E-state index contributed by atoms with van der Waals surface area (Å²) in [6.07, 6.45) is 0. The van der Waals surface area contributed by atoms with E-state index in [0.717, 1.165) is 9.87 Å². The number of hydrogen-bond acceptors (Lipinski definition) is 4. The molecule has 0 saturated carbocycles. The van der Waals surface area contributed by atoms with Crippen molar-refractivity contribution in [3.8, 4) is 0 Å². The van der Waals surface area contributed by atoms with Crippen LogP contribution < -0.4 is 5.32 Å². The summed E-state index contributed by atoms with van der Waals surface area (Å²) in [4.78, 5) is 14.6. The number of nitrogens with one attached hydrogen (secondary N) is 1. The Hall–Kier alpha value is -1.93. The summed E-state index contributed by atoms with van der Waals surface area (Å²) < 4.78 is 25.6. The summed E-state index contributed by atoms with van der Waals surface area (Å²) in [5, 5.41) is 3.45. The molecule has 2 aromatic rings. The molecule has 0 radical (unpaired) electrons. The Bertz CT molecular complexity index is 899. The quantitative estimate of drug-likeness (QED) is 0.763. The number of anilines is 1. The zero-order valence-corrected chi connectivity index (χ0v) is 17.4. The summed E-state index contributed by atoms with van der Waals surface area (Å²) in [5.74, 6) is -0.217. The van der Waals surface area contributed by atoms with Gasteiger partial charge in [-0.1, -0.05) is 29.8 Å². The number of hydrogen-bond donors (Lipinski definition) is 1. The molecule has 0 aliphatic rings. The highest BCUT2D eigenvalue weighted by atomic mass is 35.5. The van der Waals surface area contributed by atoms with Crippen LogP contribution in [-0.2, 0) is 21.4 Å². The average molecular weight is 410 g/mol. The highest BCUT2D eigenvalue weighted by molar-refractivity contribution is 7.89. The van der Waals surface area contributed by atoms with Gasteiger partial charge in [0.1, 0.15) is 0 Å². The third-order valence-electron chi connectivity index (χ3n) is 4.27. The molecular formula is C19H24ClN3O3S. The van der Waals surface area contributed by atoms with Crippen LogP contribution in [0.15, 0.2) is 53.4 Å². The van der Waals surface area contributed by atoms with Gasteiger partial charge in [-0.05, 0) is 49.9 Å². The number of sulfonamides is 1. The molecule has 0 heterocycles. The molecule has 0 fully saturated rings. The van der Waals surface area contributed by atoms with Gasteiger partial charge in [0.05, 0.1) is 10.9 Å². The van der Waals surface area contributed by atoms with Gasteiger partial charge < -0.3 is 5.32 Å². The van der Waals surface area contributed by atoms with Crippen molar-refractivity contribution < 1.29 is 13.2 Å². The van der Waals surface area contributed by atoms with Gasteiger partial charge in [-0.2, -0.15) is 0 Å². The second-order valence-electron chi connectivity index (χ2n) is 6.52. The van der Waals surface area contributed by atoms with Gasteiger partial charge in [0.25, 0.3) is 0 Å². The zero-order valence-electron chi connectivity index (χ0n) is 15.8. The first-order valence-electron chi connectivity index (χ1n) is 8.39. The molecule has 0 unspecified atom stereocenters. The van der Waals surface area contributed by atoms with Crippen LogP contribution in [0.2, 0.25) is 5.02 Å². The van der Waals surface area contributed by atoms with Crippen molar-refractivity contribution in [3.05, 3.63) is 59.1 Å². The lowest BCUT2D eigenvalue weighted by Gasteiger charge is -2.24. The predicted octanol–water partition coefficient (Wildman–Crippen LogP) is 3.05. The molecule has 27 heavy (non-hydrogen) atoms. The number of carbonyl (C=O) groups is 1. The van der Waals surface area contributed by atoms with Crippen LogP contribution in [0.5, 0.6) is 0 Å². The fraction of sp³-hybridized carbons (Fsp3) is 0.316. The van der Waals surface area contributed by atoms with Crippen LogP contribution in [0.25, 0.3) is 0 Å². The molecule has 2 rings (SSSR count). The maximum atomic E-state index is 12.6. The third-order valence-corrected chi connectivity index (χ3v) is 6.33. The van der Waals surface area contributed by atoms with E-state index in [4.69, 9.17) is 11.6 Å². The Kier molecular flexibility index (Phi) is 7.00. The first-order valence-corrected chi connectivity index (χ1v) is 10.2. The molecule has 0 spiro atoms. The van der Waals surface area contributed by atoms with Crippen LogP contribution in [0.1, 0.15) is 12.5 Å². The van der Waals surface area contributed by atoms with Crippen molar-refractivity contribution in [2.24, 2.45) is 0 Å². The van der Waals surface area contributed by atoms with Crippen molar-refractivity contribution in [3.63, 3.8) is 0 Å². The lowest BCUT2D eigenvalue weighted by atomic mass is 10.2. The van der Waals surface area contributed by atoms with Gasteiger partial charge in [0.15, 0.2) is 0 Å². The molecule has 8 heteroatoms. The van der Waals surface area contributed by atoms with Crippen molar-refractivity contribution in [2.45, 2.75) is 24.4 Å². The van der Waals surface area contributed by atoms with Gasteiger partial charge in [-0.25, -0.2) is 12.7 Å². The Morgan fingerprint density at radius 2 is 1.74 bits per heavy atom. The molecule has 1 atom stereocenters. The minimum Gasteiger partial charge on any atom is -0.325 e. The zero-order chi connectivity index (χ0) is 20.2. The van der Waals surface area contributed by atoms with E-state index in [2.05, 4.69) is 5.32 Å². The van der Waals surface area contributed by atoms with Crippen LogP contribution in [0, 0.1) is 0 Å². The molecular weight excluding hydrogens is 386 g/mol. The van der Waals surface area contributed by atoms with Crippen molar-refractivity contribution in [2.75, 3.05) is 26.5 Å². The number of halogens is 1. The van der Waals surface area contributed by atoms with E-state index in [1.54, 1.807) is 19.1 Å². The van der Waals surface area contributed by atoms with Gasteiger partial charge in [0.2, 0.25) is 15.9 Å². The molecule has 1 amide bonds. The summed E-state index contributed by atoms with van der Waals surface area (Å²) in [7, 11) is 1.23. The maximum absolute atomic E-state index is 12.6. The minimum atomic E-state index is -3.56. The first-order chi connectivity index (χ1) is 12.6. The highest BCUT2D eigenvalue weighted by Gasteiger charge is 2.20. The van der Waals surface area contributed by atoms with Crippen molar-refractivity contribution in [1.29, 1.82) is 0 Å². The molecule has 0 aromatic heterocycles. The third kappa shape index (κ3) is 5.52. The maximum Gasteiger partial charge on any atom is 0.242 e. The Morgan fingerprint density at radius 3 is 2.33 bits per heavy atom. The van der Waals surface area contributed by atoms with Crippen molar-refractivity contribution >= 4 is 33.2 Å². The highest BCUT2D eigenvalue weighted by Crippen LogP contribution is 2.19. The average Bonchev–Trinajstić information content (AvgIpc) is 2.63. The fourth-order valence-corrected chi connectivity index (χ4v) is 3.48. The summed E-state index contributed by atoms with van der Waals surface area (Å²) in [6, 6.07) is 13.3. The standard InChI is InChI=1S/C19H24ClN3O3S/c1-14(23(4)13-15-8-10-16(20)11-9-15)19(24)21-17-6-5-7-18(12-17)27(25,26)22(2)3/h5-12,14H,13H2,1-4H3,(H,21,24)/t14-/m1/s1. The van der Waals surface area contributed by atoms with Crippen LogP contribution in [0.4, 0.5) is 5.69 Å². The lowest BCUT2D eigenvalue weighted by molar-refractivity contribution is -0.120. The number of rotatable bonds is 7. The number of carbonyl (C=O) groups excluding carboxylic acids is 1. The predicted molar refractivity (Wildman–Crippen MR) is 108 cm³/mol. The molecule has 0 saturated heterocycles. The Balaban J connectivity index is 2.06.